The molecule has 0 radical (unpaired) electrons. The van der Waals surface area contributed by atoms with Gasteiger partial charge in [-0.1, -0.05) is 57.9 Å². The van der Waals surface area contributed by atoms with Gasteiger partial charge in [-0.25, -0.2) is 62.4 Å². The number of alkyl halides is 1. The van der Waals surface area contributed by atoms with Crippen molar-refractivity contribution in [1.29, 1.82) is 0 Å². The molecule has 6 rings (SSSR count). The second-order valence-electron chi connectivity index (χ2n) is 14.9. The van der Waals surface area contributed by atoms with Gasteiger partial charge in [0.25, 0.3) is 5.91 Å². The Labute approximate surface area is 408 Å². The van der Waals surface area contributed by atoms with Crippen LogP contribution < -0.4 is 5.32 Å². The molecule has 14 nitrogen and oxygen atoms in total. The van der Waals surface area contributed by atoms with Crippen LogP contribution in [-0.2, 0) is 52.5 Å². The number of benzene rings is 5. The SMILES string of the molecule is COC(=O)c1c(F)cc(CBr)cc1F.CS(=O)(=O)Cc1cc(F)c(C(=O)O)c(F)c1.[C-]#[N+]c1ccc(-c2ccc(C[C@H](NC(=O)c3c(F)cc(CS(C)(=O)=O)cc3F)C(=O)O)c3cccnc23)c(Cl)c1. The Morgan fingerprint density at radius 1 is 0.743 bits per heavy atom. The number of carboxylic acid groups (broad SMARTS) is 2. The Kier molecular flexibility index (Phi) is 18.8. The molecule has 1 atom stereocenters. The first kappa shape index (κ1) is 55.7. The van der Waals surface area contributed by atoms with Gasteiger partial charge in [-0.15, -0.1) is 0 Å². The molecular weight excluding hydrogens is 1060 g/mol. The van der Waals surface area contributed by atoms with Crippen molar-refractivity contribution >= 4 is 87.6 Å². The van der Waals surface area contributed by atoms with Gasteiger partial charge in [0.1, 0.15) is 57.6 Å². The van der Waals surface area contributed by atoms with Crippen LogP contribution in [0.25, 0.3) is 26.9 Å². The Balaban J connectivity index is 0.000000289. The summed E-state index contributed by atoms with van der Waals surface area (Å²) in [5, 5.41) is 21.6. The Bertz CT molecular complexity index is 3250. The predicted octanol–water partition coefficient (Wildman–Crippen LogP) is 9.21. The van der Waals surface area contributed by atoms with Crippen molar-refractivity contribution in [3.05, 3.63) is 175 Å². The highest BCUT2D eigenvalue weighted by atomic mass is 79.9. The summed E-state index contributed by atoms with van der Waals surface area (Å²) in [5.74, 6) is -13.7. The lowest BCUT2D eigenvalue weighted by atomic mass is 9.95. The topological polar surface area (TPSA) is 216 Å². The van der Waals surface area contributed by atoms with E-state index in [0.29, 0.717) is 61.3 Å². The van der Waals surface area contributed by atoms with E-state index in [1.807, 2.05) is 0 Å². The molecule has 0 aliphatic heterocycles. The molecule has 6 aromatic rings. The van der Waals surface area contributed by atoms with Gasteiger partial charge in [0.05, 0.1) is 30.7 Å². The number of ether oxygens (including phenoxy) is 1. The molecule has 1 amide bonds. The number of pyridine rings is 1. The number of esters is 1. The molecule has 0 aliphatic carbocycles. The number of carbonyl (C=O) groups excluding carboxylic acids is 2. The molecule has 70 heavy (non-hydrogen) atoms. The van der Waals surface area contributed by atoms with Crippen molar-refractivity contribution in [3.8, 4) is 11.1 Å². The van der Waals surface area contributed by atoms with Gasteiger partial charge in [0.15, 0.2) is 25.4 Å². The van der Waals surface area contributed by atoms with E-state index in [-0.39, 0.29) is 17.5 Å². The first-order chi connectivity index (χ1) is 32.7. The molecule has 0 saturated heterocycles. The molecule has 0 saturated carbocycles. The number of aromatic carboxylic acids is 1. The summed E-state index contributed by atoms with van der Waals surface area (Å²) in [4.78, 5) is 54.0. The summed E-state index contributed by atoms with van der Waals surface area (Å²) in [6.07, 6.45) is 3.11. The van der Waals surface area contributed by atoms with Crippen LogP contribution in [0.5, 0.6) is 0 Å². The van der Waals surface area contributed by atoms with E-state index in [1.54, 1.807) is 42.6 Å². The number of rotatable bonds is 13. The van der Waals surface area contributed by atoms with Gasteiger partial charge < -0.3 is 20.3 Å². The van der Waals surface area contributed by atoms with Crippen molar-refractivity contribution in [2.45, 2.75) is 29.3 Å². The molecule has 0 unspecified atom stereocenters. The minimum absolute atomic E-state index is 0.123. The van der Waals surface area contributed by atoms with Crippen molar-refractivity contribution < 1.29 is 77.3 Å². The minimum Gasteiger partial charge on any atom is -0.480 e. The van der Waals surface area contributed by atoms with Crippen molar-refractivity contribution in [2.24, 2.45) is 0 Å². The molecule has 0 spiro atoms. The zero-order chi connectivity index (χ0) is 52.4. The third kappa shape index (κ3) is 14.8. The smallest absolute Gasteiger partial charge is 0.343 e. The van der Waals surface area contributed by atoms with Gasteiger partial charge in [0, 0.05) is 46.4 Å². The Morgan fingerprint density at radius 3 is 1.67 bits per heavy atom. The lowest BCUT2D eigenvalue weighted by Crippen LogP contribution is -2.43. The average molecular weight is 1100 g/mol. The maximum atomic E-state index is 14.6. The number of carbonyl (C=O) groups is 4. The highest BCUT2D eigenvalue weighted by Crippen LogP contribution is 2.36. The molecule has 0 fully saturated rings. The number of carboxylic acids is 2. The Morgan fingerprint density at radius 2 is 1.23 bits per heavy atom. The summed E-state index contributed by atoms with van der Waals surface area (Å²) >= 11 is 9.46. The predicted molar refractivity (Wildman–Crippen MR) is 248 cm³/mol. The van der Waals surface area contributed by atoms with Crippen LogP contribution in [0.3, 0.4) is 0 Å². The standard InChI is InChI=1S/C28H20ClF2N3O5S.C9H7BrF2O2.C9H8F2O4S/c1-32-17-6-8-19(21(29)13-17)20-7-5-16(18-4-3-9-33-26(18)20)12-24(28(36)37)34-27(35)25-22(30)10-15(11-23(25)31)14-40(2,38)39;1-14-9(13)8-6(11)2-5(4-10)3-7(8)12;1-16(14,15)4-5-2-6(10)8(9(12)13)7(11)3-5/h3-11,13,24H,12,14H2,2H3,(H,34,35)(H,36,37);2-3H,4H2,1H3;2-3H,4H2,1H3,(H,12,13)/t24-;;/m0../s1. The Hall–Kier alpha value is -6.87. The van der Waals surface area contributed by atoms with Gasteiger partial charge >= 0.3 is 17.9 Å². The summed E-state index contributed by atoms with van der Waals surface area (Å²) < 4.78 is 131. The van der Waals surface area contributed by atoms with Crippen LogP contribution >= 0.6 is 27.5 Å². The van der Waals surface area contributed by atoms with Gasteiger partial charge in [0.2, 0.25) is 0 Å². The van der Waals surface area contributed by atoms with Gasteiger partial charge in [-0.3, -0.25) is 9.78 Å². The quantitative estimate of drug-likeness (QED) is 0.0427. The maximum absolute atomic E-state index is 14.6. The van der Waals surface area contributed by atoms with Crippen LogP contribution in [0.2, 0.25) is 5.02 Å². The van der Waals surface area contributed by atoms with E-state index in [1.165, 1.54) is 6.07 Å². The molecule has 0 aliphatic rings. The maximum Gasteiger partial charge on any atom is 0.343 e. The van der Waals surface area contributed by atoms with E-state index in [0.717, 1.165) is 43.9 Å². The molecule has 24 heteroatoms. The van der Waals surface area contributed by atoms with Crippen LogP contribution in [0, 0.1) is 41.5 Å². The summed E-state index contributed by atoms with van der Waals surface area (Å²) in [7, 11) is -5.94. The summed E-state index contributed by atoms with van der Waals surface area (Å²) in [6, 6.07) is 15.0. The average Bonchev–Trinajstić information content (AvgIpc) is 3.24. The number of fused-ring (bicyclic) bond motifs is 1. The van der Waals surface area contributed by atoms with E-state index < -0.39 is 113 Å². The lowest BCUT2D eigenvalue weighted by Gasteiger charge is -2.18. The fourth-order valence-electron chi connectivity index (χ4n) is 6.51. The van der Waals surface area contributed by atoms with E-state index in [9.17, 15) is 67.5 Å². The molecule has 3 N–H and O–H groups in total. The molecule has 0 bridgehead atoms. The molecule has 1 aromatic heterocycles. The second kappa shape index (κ2) is 23.6. The number of nitrogens with one attached hydrogen (secondary N) is 1. The van der Waals surface area contributed by atoms with Crippen LogP contribution in [-0.4, -0.2) is 81.5 Å². The van der Waals surface area contributed by atoms with E-state index >= 15 is 0 Å². The zero-order valence-electron chi connectivity index (χ0n) is 36.3. The normalized spacial score (nSPS) is 11.5. The zero-order valence-corrected chi connectivity index (χ0v) is 40.3. The lowest BCUT2D eigenvalue weighted by molar-refractivity contribution is -0.139. The number of aromatic nitrogens is 1. The number of nitrogens with zero attached hydrogens (tertiary/aromatic N) is 2. The number of hydrogen-bond acceptors (Lipinski definition) is 10. The summed E-state index contributed by atoms with van der Waals surface area (Å²) in [5.41, 5.74) is -0.0723. The molecular formula is C46H35BrClF6N3O11S2. The van der Waals surface area contributed by atoms with E-state index in [2.05, 4.69) is 35.8 Å². The summed E-state index contributed by atoms with van der Waals surface area (Å²) in [6.45, 7) is 7.15. The third-order valence-electron chi connectivity index (χ3n) is 9.41. The first-order valence-electron chi connectivity index (χ1n) is 19.4. The number of aliphatic carboxylic acids is 1. The van der Waals surface area contributed by atoms with Crippen LogP contribution in [0.1, 0.15) is 53.3 Å². The van der Waals surface area contributed by atoms with Gasteiger partial charge in [-0.2, -0.15) is 0 Å². The minimum atomic E-state index is -3.59. The fourth-order valence-corrected chi connectivity index (χ4v) is 8.66. The monoisotopic (exact) mass is 1100 g/mol. The number of hydrogen-bond donors (Lipinski definition) is 3. The highest BCUT2D eigenvalue weighted by molar-refractivity contribution is 9.08. The number of amides is 1. The number of methoxy groups -OCH3 is 1. The van der Waals surface area contributed by atoms with E-state index in [4.69, 9.17) is 23.3 Å². The second-order valence-corrected chi connectivity index (χ2v) is 20.1. The van der Waals surface area contributed by atoms with Crippen molar-refractivity contribution in [1.82, 2.24) is 10.3 Å². The van der Waals surface area contributed by atoms with Crippen molar-refractivity contribution in [2.75, 3.05) is 19.6 Å². The molecule has 1 heterocycles. The number of halogens is 8. The largest absolute Gasteiger partial charge is 0.480 e. The molecule has 368 valence electrons. The highest BCUT2D eigenvalue weighted by Gasteiger charge is 2.27. The van der Waals surface area contributed by atoms with Crippen molar-refractivity contribution in [3.63, 3.8) is 0 Å². The molecule has 5 aromatic carbocycles. The first-order valence-corrected chi connectivity index (χ1v) is 25.0. The van der Waals surface area contributed by atoms with Gasteiger partial charge in [-0.05, 0) is 76.3 Å². The number of sulfone groups is 2. The van der Waals surface area contributed by atoms with Crippen LogP contribution in [0.4, 0.5) is 32.0 Å². The fraction of sp³-hybridized carbons (Fsp3) is 0.174. The van der Waals surface area contributed by atoms with Crippen LogP contribution in [0.15, 0.2) is 85.1 Å². The third-order valence-corrected chi connectivity index (χ3v) is 12.1.